The fourth-order valence-electron chi connectivity index (χ4n) is 5.46. The Labute approximate surface area is 255 Å². The Bertz CT molecular complexity index is 958. The highest BCUT2D eigenvalue weighted by Gasteiger charge is 2.30. The van der Waals surface area contributed by atoms with E-state index < -0.39 is 12.3 Å². The van der Waals surface area contributed by atoms with Gasteiger partial charge < -0.3 is 19.8 Å². The summed E-state index contributed by atoms with van der Waals surface area (Å²) < 4.78 is 18.3. The number of unbranched alkanes of at least 4 members (excludes halogenated alkanes) is 3. The van der Waals surface area contributed by atoms with Gasteiger partial charge in [0.2, 0.25) is 0 Å². The molecule has 1 aromatic rings. The van der Waals surface area contributed by atoms with Gasteiger partial charge >= 0.3 is 5.97 Å². The van der Waals surface area contributed by atoms with Crippen LogP contribution in [0.15, 0.2) is 36.4 Å². The average Bonchev–Trinajstić information content (AvgIpc) is 3.35. The standard InChI is InChI=1S/C32H50FN3O5S/c1-2-3-4-5-16-34-17-19-35(20-18-34)31(39)25-41-32(40)7-6-22-42-23-21-36-28(13-15-30(36)38)12-14-29(37)24-26-8-10-27(33)11-9-26/h8-12,14,28-30,37-38H,2-7,13,15-25H2,1H3/b14-12+/t28-,29+,30?/m0/s1. The van der Waals surface area contributed by atoms with Crippen molar-refractivity contribution in [1.29, 1.82) is 0 Å². The molecule has 1 unspecified atom stereocenters. The van der Waals surface area contributed by atoms with Crippen LogP contribution < -0.4 is 0 Å². The van der Waals surface area contributed by atoms with E-state index in [-0.39, 0.29) is 36.8 Å². The lowest BCUT2D eigenvalue weighted by Crippen LogP contribution is -2.49. The molecule has 236 valence electrons. The minimum Gasteiger partial charge on any atom is -0.456 e. The monoisotopic (exact) mass is 607 g/mol. The van der Waals surface area contributed by atoms with Gasteiger partial charge in [0.1, 0.15) is 12.0 Å². The molecule has 8 nitrogen and oxygen atoms in total. The predicted molar refractivity (Wildman–Crippen MR) is 166 cm³/mol. The van der Waals surface area contributed by atoms with Crippen LogP contribution in [-0.4, -0.2) is 113 Å². The Morgan fingerprint density at radius 2 is 1.81 bits per heavy atom. The van der Waals surface area contributed by atoms with Crippen LogP contribution in [0.5, 0.6) is 0 Å². The number of ether oxygens (including phenoxy) is 1. The Morgan fingerprint density at radius 1 is 1.05 bits per heavy atom. The van der Waals surface area contributed by atoms with Gasteiger partial charge in [-0.3, -0.25) is 19.4 Å². The van der Waals surface area contributed by atoms with E-state index in [1.54, 1.807) is 34.9 Å². The van der Waals surface area contributed by atoms with Crippen molar-refractivity contribution < 1.29 is 28.9 Å². The predicted octanol–water partition coefficient (Wildman–Crippen LogP) is 3.85. The lowest BCUT2D eigenvalue weighted by Gasteiger charge is -2.34. The number of nitrogens with zero attached hydrogens (tertiary/aromatic N) is 3. The summed E-state index contributed by atoms with van der Waals surface area (Å²) in [5.74, 6) is 0.871. The van der Waals surface area contributed by atoms with E-state index in [1.807, 2.05) is 11.0 Å². The van der Waals surface area contributed by atoms with Gasteiger partial charge in [-0.1, -0.05) is 50.5 Å². The quantitative estimate of drug-likeness (QED) is 0.148. The van der Waals surface area contributed by atoms with Gasteiger partial charge in [0.15, 0.2) is 6.61 Å². The van der Waals surface area contributed by atoms with Gasteiger partial charge in [0, 0.05) is 57.4 Å². The van der Waals surface area contributed by atoms with Crippen LogP contribution in [-0.2, 0) is 20.7 Å². The van der Waals surface area contributed by atoms with Crippen molar-refractivity contribution in [2.45, 2.75) is 83.1 Å². The van der Waals surface area contributed by atoms with Crippen molar-refractivity contribution >= 4 is 23.6 Å². The molecule has 0 saturated carbocycles. The Morgan fingerprint density at radius 3 is 2.55 bits per heavy atom. The molecule has 0 radical (unpaired) electrons. The van der Waals surface area contributed by atoms with Crippen LogP contribution in [0.1, 0.15) is 63.9 Å². The second-order valence-corrected chi connectivity index (χ2v) is 12.5. The number of esters is 1. The number of halogens is 1. The number of thioether (sulfide) groups is 1. The molecule has 3 rings (SSSR count). The van der Waals surface area contributed by atoms with Gasteiger partial charge in [-0.05, 0) is 55.7 Å². The van der Waals surface area contributed by atoms with Crippen molar-refractivity contribution in [2.75, 3.05) is 57.4 Å². The third kappa shape index (κ3) is 12.7. The molecule has 1 aromatic carbocycles. The lowest BCUT2D eigenvalue weighted by molar-refractivity contribution is -0.152. The van der Waals surface area contributed by atoms with E-state index in [4.69, 9.17) is 4.74 Å². The van der Waals surface area contributed by atoms with Gasteiger partial charge in [-0.15, -0.1) is 0 Å². The molecule has 2 N–H and O–H groups in total. The molecule has 0 aliphatic carbocycles. The smallest absolute Gasteiger partial charge is 0.306 e. The minimum atomic E-state index is -0.671. The largest absolute Gasteiger partial charge is 0.456 e. The first-order chi connectivity index (χ1) is 20.4. The Hall–Kier alpha value is -1.98. The fourth-order valence-corrected chi connectivity index (χ4v) is 6.35. The minimum absolute atomic E-state index is 0.0600. The van der Waals surface area contributed by atoms with E-state index in [1.165, 1.54) is 37.8 Å². The highest BCUT2D eigenvalue weighted by molar-refractivity contribution is 7.99. The number of aliphatic hydroxyl groups is 2. The van der Waals surface area contributed by atoms with Crippen LogP contribution in [0.25, 0.3) is 0 Å². The van der Waals surface area contributed by atoms with Crippen LogP contribution in [0.3, 0.4) is 0 Å². The van der Waals surface area contributed by atoms with E-state index in [0.29, 0.717) is 38.9 Å². The molecule has 1 amide bonds. The summed E-state index contributed by atoms with van der Waals surface area (Å²) >= 11 is 1.72. The first-order valence-corrected chi connectivity index (χ1v) is 16.8. The highest BCUT2D eigenvalue weighted by Crippen LogP contribution is 2.24. The van der Waals surface area contributed by atoms with E-state index in [9.17, 15) is 24.2 Å². The average molecular weight is 608 g/mol. The maximum absolute atomic E-state index is 13.1. The second-order valence-electron chi connectivity index (χ2n) is 11.3. The molecule has 42 heavy (non-hydrogen) atoms. The molecule has 10 heteroatoms. The molecule has 2 heterocycles. The number of amides is 1. The molecule has 2 fully saturated rings. The molecule has 2 saturated heterocycles. The van der Waals surface area contributed by atoms with E-state index >= 15 is 0 Å². The molecule has 0 bridgehead atoms. The zero-order valence-corrected chi connectivity index (χ0v) is 26.0. The topological polar surface area (TPSA) is 93.6 Å². The number of carbonyl (C=O) groups excluding carboxylic acids is 2. The van der Waals surface area contributed by atoms with Gasteiger partial charge in [-0.2, -0.15) is 11.8 Å². The van der Waals surface area contributed by atoms with Gasteiger partial charge in [0.25, 0.3) is 5.91 Å². The zero-order valence-electron chi connectivity index (χ0n) is 25.2. The number of carbonyl (C=O) groups is 2. The lowest BCUT2D eigenvalue weighted by atomic mass is 10.1. The molecule has 2 aliphatic heterocycles. The maximum atomic E-state index is 13.1. The first-order valence-electron chi connectivity index (χ1n) is 15.6. The number of rotatable bonds is 18. The van der Waals surface area contributed by atoms with Crippen LogP contribution in [0.4, 0.5) is 4.39 Å². The molecular weight excluding hydrogens is 557 g/mol. The van der Waals surface area contributed by atoms with Crippen LogP contribution in [0, 0.1) is 5.82 Å². The molecule has 0 aromatic heterocycles. The summed E-state index contributed by atoms with van der Waals surface area (Å²) in [6.45, 7) is 6.99. The van der Waals surface area contributed by atoms with Crippen molar-refractivity contribution in [2.24, 2.45) is 0 Å². The first kappa shape index (κ1) is 34.5. The van der Waals surface area contributed by atoms with Gasteiger partial charge in [0.05, 0.1) is 6.10 Å². The SMILES string of the molecule is CCCCCCN1CCN(C(=O)COC(=O)CCCSCCN2C(O)CC[C@@H]2/C=C/[C@@H](O)Cc2ccc(F)cc2)CC1. The van der Waals surface area contributed by atoms with Crippen molar-refractivity contribution in [1.82, 2.24) is 14.7 Å². The summed E-state index contributed by atoms with van der Waals surface area (Å²) in [7, 11) is 0. The zero-order chi connectivity index (χ0) is 30.2. The second kappa shape index (κ2) is 19.3. The van der Waals surface area contributed by atoms with Gasteiger partial charge in [-0.25, -0.2) is 4.39 Å². The molecular formula is C32H50FN3O5S. The number of hydrogen-bond acceptors (Lipinski definition) is 8. The van der Waals surface area contributed by atoms with E-state index in [2.05, 4.69) is 11.8 Å². The Kier molecular flexibility index (Phi) is 15.9. The Balaban J connectivity index is 1.23. The summed E-state index contributed by atoms with van der Waals surface area (Å²) in [5.41, 5.74) is 0.866. The number of benzene rings is 1. The number of aliphatic hydroxyl groups excluding tert-OH is 2. The summed E-state index contributed by atoms with van der Waals surface area (Å²) in [4.78, 5) is 30.8. The normalized spacial score (nSPS) is 20.8. The number of piperazine rings is 1. The maximum Gasteiger partial charge on any atom is 0.306 e. The summed E-state index contributed by atoms with van der Waals surface area (Å²) in [6.07, 6.45) is 10.4. The number of likely N-dealkylation sites (tertiary alicyclic amines) is 1. The molecule has 2 aliphatic rings. The highest BCUT2D eigenvalue weighted by atomic mass is 32.2. The third-order valence-corrected chi connectivity index (χ3v) is 9.06. The molecule has 3 atom stereocenters. The van der Waals surface area contributed by atoms with Crippen molar-refractivity contribution in [3.05, 3.63) is 47.8 Å². The van der Waals surface area contributed by atoms with Crippen LogP contribution in [0.2, 0.25) is 0 Å². The van der Waals surface area contributed by atoms with Crippen molar-refractivity contribution in [3.63, 3.8) is 0 Å². The number of hydrogen-bond donors (Lipinski definition) is 2. The summed E-state index contributed by atoms with van der Waals surface area (Å²) in [6, 6.07) is 6.19. The van der Waals surface area contributed by atoms with Crippen molar-refractivity contribution in [3.8, 4) is 0 Å². The fraction of sp³-hybridized carbons (Fsp3) is 0.688. The molecule has 0 spiro atoms. The van der Waals surface area contributed by atoms with Crippen LogP contribution >= 0.6 is 11.8 Å². The summed E-state index contributed by atoms with van der Waals surface area (Å²) in [5, 5.41) is 20.8. The third-order valence-electron chi connectivity index (χ3n) is 8.02. The van der Waals surface area contributed by atoms with E-state index in [0.717, 1.165) is 43.1 Å².